The lowest BCUT2D eigenvalue weighted by atomic mass is 9.95. The molecule has 62 valence electrons. The van der Waals surface area contributed by atoms with Crippen LogP contribution in [0.5, 0.6) is 0 Å². The standard InChI is InChI=1S/C9H15NO/c1-7-2-3-8-4-9(11)6-10(8)5-7/h7-8H,2-6H2,1H3. The third-order valence-corrected chi connectivity index (χ3v) is 2.90. The van der Waals surface area contributed by atoms with Gasteiger partial charge < -0.3 is 0 Å². The first-order valence-corrected chi connectivity index (χ1v) is 4.51. The van der Waals surface area contributed by atoms with E-state index in [4.69, 9.17) is 0 Å². The molecule has 2 aliphatic heterocycles. The Hall–Kier alpha value is -0.370. The van der Waals surface area contributed by atoms with Gasteiger partial charge in [-0.15, -0.1) is 0 Å². The molecule has 2 unspecified atom stereocenters. The van der Waals surface area contributed by atoms with Crippen molar-refractivity contribution in [2.24, 2.45) is 5.92 Å². The predicted octanol–water partition coefficient (Wildman–Crippen LogP) is 1.06. The Balaban J connectivity index is 2.02. The lowest BCUT2D eigenvalue weighted by molar-refractivity contribution is -0.116. The largest absolute Gasteiger partial charge is 0.298 e. The molecule has 2 nitrogen and oxygen atoms in total. The van der Waals surface area contributed by atoms with E-state index in [1.165, 1.54) is 12.8 Å². The first kappa shape index (κ1) is 7.29. The van der Waals surface area contributed by atoms with Crippen LogP contribution in [0.3, 0.4) is 0 Å². The Bertz CT molecular complexity index is 178. The minimum atomic E-state index is 0.448. The van der Waals surface area contributed by atoms with Crippen LogP contribution in [0.2, 0.25) is 0 Å². The Morgan fingerprint density at radius 2 is 2.27 bits per heavy atom. The van der Waals surface area contributed by atoms with Crippen molar-refractivity contribution in [3.8, 4) is 0 Å². The summed E-state index contributed by atoms with van der Waals surface area (Å²) in [7, 11) is 0. The number of hydrogen-bond acceptors (Lipinski definition) is 2. The molecule has 0 N–H and O–H groups in total. The van der Waals surface area contributed by atoms with Gasteiger partial charge in [0.05, 0.1) is 6.54 Å². The molecule has 0 amide bonds. The number of carbonyl (C=O) groups excluding carboxylic acids is 1. The van der Waals surface area contributed by atoms with E-state index in [0.29, 0.717) is 11.8 Å². The van der Waals surface area contributed by atoms with Crippen molar-refractivity contribution in [3.05, 3.63) is 0 Å². The summed E-state index contributed by atoms with van der Waals surface area (Å²) in [5.41, 5.74) is 0. The molecule has 2 fully saturated rings. The number of carbonyl (C=O) groups is 1. The number of nitrogens with zero attached hydrogens (tertiary/aromatic N) is 1. The molecule has 2 heterocycles. The van der Waals surface area contributed by atoms with Crippen molar-refractivity contribution < 1.29 is 4.79 Å². The van der Waals surface area contributed by atoms with Gasteiger partial charge in [-0.3, -0.25) is 9.69 Å². The van der Waals surface area contributed by atoms with E-state index >= 15 is 0 Å². The summed E-state index contributed by atoms with van der Waals surface area (Å²) in [4.78, 5) is 13.4. The highest BCUT2D eigenvalue weighted by atomic mass is 16.1. The number of Topliss-reactive ketones (excluding diaryl/α,β-unsaturated/α-hetero) is 1. The number of fused-ring (bicyclic) bond motifs is 1. The van der Waals surface area contributed by atoms with Crippen molar-refractivity contribution in [2.45, 2.75) is 32.2 Å². The molecule has 2 aliphatic rings. The quantitative estimate of drug-likeness (QED) is 0.518. The Morgan fingerprint density at radius 3 is 3.09 bits per heavy atom. The van der Waals surface area contributed by atoms with Crippen LogP contribution in [0.4, 0.5) is 0 Å². The van der Waals surface area contributed by atoms with E-state index in [0.717, 1.165) is 25.4 Å². The van der Waals surface area contributed by atoms with Crippen LogP contribution < -0.4 is 0 Å². The molecule has 0 aromatic heterocycles. The molecular weight excluding hydrogens is 138 g/mol. The van der Waals surface area contributed by atoms with Crippen LogP contribution in [0.15, 0.2) is 0 Å². The molecule has 0 saturated carbocycles. The van der Waals surface area contributed by atoms with Crippen LogP contribution in [-0.2, 0) is 4.79 Å². The molecular formula is C9H15NO. The highest BCUT2D eigenvalue weighted by molar-refractivity contribution is 5.83. The molecule has 0 aromatic rings. The molecule has 0 aliphatic carbocycles. The summed E-state index contributed by atoms with van der Waals surface area (Å²) in [6.45, 7) is 4.16. The van der Waals surface area contributed by atoms with Gasteiger partial charge in [0.25, 0.3) is 0 Å². The van der Waals surface area contributed by atoms with Crippen molar-refractivity contribution in [3.63, 3.8) is 0 Å². The molecule has 2 rings (SSSR count). The lowest BCUT2D eigenvalue weighted by Gasteiger charge is -2.32. The van der Waals surface area contributed by atoms with E-state index < -0.39 is 0 Å². The number of rotatable bonds is 0. The van der Waals surface area contributed by atoms with Gasteiger partial charge >= 0.3 is 0 Å². The zero-order chi connectivity index (χ0) is 7.84. The minimum Gasteiger partial charge on any atom is -0.298 e. The highest BCUT2D eigenvalue weighted by Gasteiger charge is 2.33. The fourth-order valence-corrected chi connectivity index (χ4v) is 2.28. The predicted molar refractivity (Wildman–Crippen MR) is 43.4 cm³/mol. The van der Waals surface area contributed by atoms with E-state index in [1.54, 1.807) is 0 Å². The van der Waals surface area contributed by atoms with Crippen molar-refractivity contribution in [2.75, 3.05) is 13.1 Å². The van der Waals surface area contributed by atoms with E-state index in [1.807, 2.05) is 0 Å². The molecule has 0 spiro atoms. The number of hydrogen-bond donors (Lipinski definition) is 0. The fraction of sp³-hybridized carbons (Fsp3) is 0.889. The lowest BCUT2D eigenvalue weighted by Crippen LogP contribution is -2.38. The smallest absolute Gasteiger partial charge is 0.148 e. The van der Waals surface area contributed by atoms with Gasteiger partial charge in [0, 0.05) is 19.0 Å². The monoisotopic (exact) mass is 153 g/mol. The van der Waals surface area contributed by atoms with Crippen LogP contribution in [0.25, 0.3) is 0 Å². The van der Waals surface area contributed by atoms with E-state index in [-0.39, 0.29) is 0 Å². The minimum absolute atomic E-state index is 0.448. The SMILES string of the molecule is CC1CCC2CC(=O)CN2C1. The zero-order valence-electron chi connectivity index (χ0n) is 7.05. The Labute approximate surface area is 67.6 Å². The van der Waals surface area contributed by atoms with Crippen molar-refractivity contribution in [1.82, 2.24) is 4.90 Å². The summed E-state index contributed by atoms with van der Waals surface area (Å²) in [6, 6.07) is 0.610. The topological polar surface area (TPSA) is 20.3 Å². The Morgan fingerprint density at radius 1 is 1.45 bits per heavy atom. The Kier molecular flexibility index (Phi) is 1.72. The summed E-state index contributed by atoms with van der Waals surface area (Å²) in [5.74, 6) is 1.25. The van der Waals surface area contributed by atoms with Crippen LogP contribution in [-0.4, -0.2) is 29.8 Å². The maximum absolute atomic E-state index is 11.1. The summed E-state index contributed by atoms with van der Waals surface area (Å²) < 4.78 is 0. The molecule has 0 aromatic carbocycles. The third-order valence-electron chi connectivity index (χ3n) is 2.90. The first-order valence-electron chi connectivity index (χ1n) is 4.51. The fourth-order valence-electron chi connectivity index (χ4n) is 2.28. The van der Waals surface area contributed by atoms with Crippen molar-refractivity contribution >= 4 is 5.78 Å². The van der Waals surface area contributed by atoms with Gasteiger partial charge in [0.15, 0.2) is 0 Å². The maximum atomic E-state index is 11.1. The molecule has 2 heteroatoms. The molecule has 2 atom stereocenters. The molecule has 0 bridgehead atoms. The van der Waals surface area contributed by atoms with E-state index in [2.05, 4.69) is 11.8 Å². The highest BCUT2D eigenvalue weighted by Crippen LogP contribution is 2.27. The average Bonchev–Trinajstić information content (AvgIpc) is 2.27. The van der Waals surface area contributed by atoms with Crippen LogP contribution >= 0.6 is 0 Å². The molecule has 2 saturated heterocycles. The van der Waals surface area contributed by atoms with Gasteiger partial charge in [-0.05, 0) is 18.8 Å². The molecule has 0 radical (unpaired) electrons. The van der Waals surface area contributed by atoms with Gasteiger partial charge in [-0.25, -0.2) is 0 Å². The summed E-state index contributed by atoms with van der Waals surface area (Å²) in [6.07, 6.45) is 3.38. The average molecular weight is 153 g/mol. The maximum Gasteiger partial charge on any atom is 0.148 e. The zero-order valence-corrected chi connectivity index (χ0v) is 7.05. The summed E-state index contributed by atoms with van der Waals surface area (Å²) in [5, 5.41) is 0. The van der Waals surface area contributed by atoms with Gasteiger partial charge in [0.2, 0.25) is 0 Å². The first-order chi connectivity index (χ1) is 5.25. The normalized spacial score (nSPS) is 39.2. The summed E-state index contributed by atoms with van der Waals surface area (Å²) >= 11 is 0. The second kappa shape index (κ2) is 2.59. The third kappa shape index (κ3) is 1.32. The van der Waals surface area contributed by atoms with Crippen molar-refractivity contribution in [1.29, 1.82) is 0 Å². The molecule has 11 heavy (non-hydrogen) atoms. The van der Waals surface area contributed by atoms with Gasteiger partial charge in [0.1, 0.15) is 5.78 Å². The second-order valence-corrected chi connectivity index (χ2v) is 4.01. The number of piperidine rings is 1. The van der Waals surface area contributed by atoms with Crippen LogP contribution in [0.1, 0.15) is 26.2 Å². The number of ketones is 1. The van der Waals surface area contributed by atoms with Gasteiger partial charge in [-0.1, -0.05) is 6.92 Å². The van der Waals surface area contributed by atoms with Gasteiger partial charge in [-0.2, -0.15) is 0 Å². The van der Waals surface area contributed by atoms with E-state index in [9.17, 15) is 4.79 Å². The van der Waals surface area contributed by atoms with Crippen LogP contribution in [0, 0.1) is 5.92 Å². The second-order valence-electron chi connectivity index (χ2n) is 4.01.